The molecule has 3 rings (SSSR count). The lowest BCUT2D eigenvalue weighted by Crippen LogP contribution is -2.46. The van der Waals surface area contributed by atoms with Gasteiger partial charge < -0.3 is 10.4 Å². The first-order valence-electron chi connectivity index (χ1n) is 8.25. The van der Waals surface area contributed by atoms with Crippen LogP contribution in [0.3, 0.4) is 0 Å². The van der Waals surface area contributed by atoms with E-state index in [1.54, 1.807) is 0 Å². The Morgan fingerprint density at radius 3 is 1.92 bits per heavy atom. The van der Waals surface area contributed by atoms with Crippen molar-refractivity contribution in [2.75, 3.05) is 0 Å². The molecule has 1 aliphatic rings. The second kappa shape index (κ2) is 7.30. The molecule has 0 aliphatic heterocycles. The van der Waals surface area contributed by atoms with Gasteiger partial charge in [-0.05, 0) is 24.0 Å². The average Bonchev–Trinajstić information content (AvgIpc) is 2.57. The van der Waals surface area contributed by atoms with Crippen LogP contribution in [0.25, 0.3) is 0 Å². The Balaban J connectivity index is 1.66. The van der Waals surface area contributed by atoms with E-state index in [9.17, 15) is 9.59 Å². The normalized spacial score (nSPS) is 19.5. The number of amides is 1. The standard InChI is InChI=1S/C20H21NO3/c22-19(21-17-11-16(12-17)20(23)24)13-18(14-7-3-1-4-8-14)15-9-5-2-6-10-15/h1-10,16-18H,11-13H2,(H,21,22)(H,23,24). The largest absolute Gasteiger partial charge is 0.481 e. The summed E-state index contributed by atoms with van der Waals surface area (Å²) in [4.78, 5) is 23.3. The van der Waals surface area contributed by atoms with Gasteiger partial charge in [0.25, 0.3) is 0 Å². The van der Waals surface area contributed by atoms with Gasteiger partial charge in [0.1, 0.15) is 0 Å². The van der Waals surface area contributed by atoms with Crippen LogP contribution in [0.5, 0.6) is 0 Å². The van der Waals surface area contributed by atoms with Crippen molar-refractivity contribution in [2.24, 2.45) is 5.92 Å². The van der Waals surface area contributed by atoms with Gasteiger partial charge in [0, 0.05) is 18.4 Å². The van der Waals surface area contributed by atoms with Gasteiger partial charge in [-0.3, -0.25) is 9.59 Å². The molecule has 0 aromatic heterocycles. The Morgan fingerprint density at radius 1 is 0.958 bits per heavy atom. The second-order valence-corrected chi connectivity index (χ2v) is 6.35. The number of hydrogen-bond acceptors (Lipinski definition) is 2. The highest BCUT2D eigenvalue weighted by molar-refractivity contribution is 5.79. The first-order chi connectivity index (χ1) is 11.6. The average molecular weight is 323 g/mol. The van der Waals surface area contributed by atoms with Gasteiger partial charge in [0.05, 0.1) is 5.92 Å². The number of hydrogen-bond donors (Lipinski definition) is 2. The van der Waals surface area contributed by atoms with Crippen molar-refractivity contribution in [3.63, 3.8) is 0 Å². The smallest absolute Gasteiger partial charge is 0.306 e. The number of nitrogens with one attached hydrogen (secondary N) is 1. The molecule has 0 atom stereocenters. The molecule has 1 amide bonds. The Hall–Kier alpha value is -2.62. The third-order valence-corrected chi connectivity index (χ3v) is 4.65. The van der Waals surface area contributed by atoms with Gasteiger partial charge in [0.15, 0.2) is 0 Å². The Labute approximate surface area is 141 Å². The lowest BCUT2D eigenvalue weighted by molar-refractivity contribution is -0.146. The molecule has 0 radical (unpaired) electrons. The van der Waals surface area contributed by atoms with E-state index in [1.165, 1.54) is 0 Å². The first-order valence-corrected chi connectivity index (χ1v) is 8.25. The number of rotatable bonds is 6. The van der Waals surface area contributed by atoms with Gasteiger partial charge in [-0.15, -0.1) is 0 Å². The molecular weight excluding hydrogens is 302 g/mol. The molecule has 4 nitrogen and oxygen atoms in total. The quantitative estimate of drug-likeness (QED) is 0.858. The van der Waals surface area contributed by atoms with Crippen LogP contribution in [0.15, 0.2) is 60.7 Å². The zero-order valence-electron chi connectivity index (χ0n) is 13.4. The molecule has 0 heterocycles. The van der Waals surface area contributed by atoms with Crippen molar-refractivity contribution in [1.29, 1.82) is 0 Å². The topological polar surface area (TPSA) is 66.4 Å². The molecule has 2 aromatic carbocycles. The summed E-state index contributed by atoms with van der Waals surface area (Å²) in [6.07, 6.45) is 1.42. The number of benzene rings is 2. The predicted octanol–water partition coefficient (Wildman–Crippen LogP) is 3.19. The van der Waals surface area contributed by atoms with E-state index in [1.807, 2.05) is 60.7 Å². The summed E-state index contributed by atoms with van der Waals surface area (Å²) in [7, 11) is 0. The fourth-order valence-corrected chi connectivity index (χ4v) is 3.21. The lowest BCUT2D eigenvalue weighted by atomic mass is 9.80. The van der Waals surface area contributed by atoms with Crippen molar-refractivity contribution in [3.8, 4) is 0 Å². The molecule has 0 saturated heterocycles. The van der Waals surface area contributed by atoms with Crippen LogP contribution in [0, 0.1) is 5.92 Å². The van der Waals surface area contributed by atoms with Crippen LogP contribution >= 0.6 is 0 Å². The highest BCUT2D eigenvalue weighted by Gasteiger charge is 2.35. The fourth-order valence-electron chi connectivity index (χ4n) is 3.21. The van der Waals surface area contributed by atoms with Crippen molar-refractivity contribution >= 4 is 11.9 Å². The van der Waals surface area contributed by atoms with Crippen molar-refractivity contribution in [2.45, 2.75) is 31.2 Å². The molecule has 1 aliphatic carbocycles. The zero-order chi connectivity index (χ0) is 16.9. The number of carbonyl (C=O) groups excluding carboxylic acids is 1. The minimum Gasteiger partial charge on any atom is -0.481 e. The molecule has 0 unspecified atom stereocenters. The molecule has 0 spiro atoms. The zero-order valence-corrected chi connectivity index (χ0v) is 13.4. The van der Waals surface area contributed by atoms with Crippen molar-refractivity contribution in [3.05, 3.63) is 71.8 Å². The summed E-state index contributed by atoms with van der Waals surface area (Å²) in [5.74, 6) is -1.11. The van der Waals surface area contributed by atoms with Crippen LogP contribution in [0.2, 0.25) is 0 Å². The van der Waals surface area contributed by atoms with Crippen LogP contribution in [0.1, 0.15) is 36.3 Å². The molecule has 2 N–H and O–H groups in total. The number of aliphatic carboxylic acids is 1. The molecule has 2 aromatic rings. The minimum absolute atomic E-state index is 0.00254. The van der Waals surface area contributed by atoms with E-state index in [-0.39, 0.29) is 23.8 Å². The van der Waals surface area contributed by atoms with Crippen LogP contribution in [0.4, 0.5) is 0 Å². The SMILES string of the molecule is O=C(CC(c1ccccc1)c1ccccc1)NC1CC(C(=O)O)C1. The van der Waals surface area contributed by atoms with E-state index in [0.29, 0.717) is 19.3 Å². The summed E-state index contributed by atoms with van der Waals surface area (Å²) in [5.41, 5.74) is 2.21. The lowest BCUT2D eigenvalue weighted by Gasteiger charge is -2.33. The summed E-state index contributed by atoms with van der Waals surface area (Å²) in [6.45, 7) is 0. The van der Waals surface area contributed by atoms with Gasteiger partial charge in [-0.2, -0.15) is 0 Å². The molecular formula is C20H21NO3. The number of carbonyl (C=O) groups is 2. The van der Waals surface area contributed by atoms with Gasteiger partial charge >= 0.3 is 5.97 Å². The predicted molar refractivity (Wildman–Crippen MR) is 91.6 cm³/mol. The summed E-state index contributed by atoms with van der Waals surface area (Å²) in [6, 6.07) is 20.0. The first kappa shape index (κ1) is 16.2. The minimum atomic E-state index is -0.771. The van der Waals surface area contributed by atoms with Gasteiger partial charge in [-0.25, -0.2) is 0 Å². The van der Waals surface area contributed by atoms with E-state index in [2.05, 4.69) is 5.32 Å². The van der Waals surface area contributed by atoms with E-state index in [0.717, 1.165) is 11.1 Å². The third-order valence-electron chi connectivity index (χ3n) is 4.65. The van der Waals surface area contributed by atoms with E-state index < -0.39 is 5.97 Å². The molecule has 124 valence electrons. The maximum absolute atomic E-state index is 12.4. The van der Waals surface area contributed by atoms with Crippen LogP contribution in [-0.4, -0.2) is 23.0 Å². The summed E-state index contributed by atoms with van der Waals surface area (Å²) < 4.78 is 0. The van der Waals surface area contributed by atoms with Crippen molar-refractivity contribution in [1.82, 2.24) is 5.32 Å². The maximum Gasteiger partial charge on any atom is 0.306 e. The van der Waals surface area contributed by atoms with E-state index >= 15 is 0 Å². The Bertz CT molecular complexity index is 654. The summed E-state index contributed by atoms with van der Waals surface area (Å²) in [5, 5.41) is 11.9. The fraction of sp³-hybridized carbons (Fsp3) is 0.300. The number of carboxylic acid groups (broad SMARTS) is 1. The van der Waals surface area contributed by atoms with Crippen molar-refractivity contribution < 1.29 is 14.7 Å². The molecule has 1 saturated carbocycles. The molecule has 1 fully saturated rings. The summed E-state index contributed by atoms with van der Waals surface area (Å²) >= 11 is 0. The van der Waals surface area contributed by atoms with Gasteiger partial charge in [-0.1, -0.05) is 60.7 Å². The van der Waals surface area contributed by atoms with E-state index in [4.69, 9.17) is 5.11 Å². The highest BCUT2D eigenvalue weighted by Crippen LogP contribution is 2.30. The van der Waals surface area contributed by atoms with Gasteiger partial charge in [0.2, 0.25) is 5.91 Å². The van der Waals surface area contributed by atoms with Crippen LogP contribution < -0.4 is 5.32 Å². The number of carboxylic acids is 1. The highest BCUT2D eigenvalue weighted by atomic mass is 16.4. The molecule has 0 bridgehead atoms. The monoisotopic (exact) mass is 323 g/mol. The third kappa shape index (κ3) is 3.82. The maximum atomic E-state index is 12.4. The molecule has 24 heavy (non-hydrogen) atoms. The second-order valence-electron chi connectivity index (χ2n) is 6.35. The Morgan fingerprint density at radius 2 is 1.46 bits per heavy atom. The molecule has 4 heteroatoms. The van der Waals surface area contributed by atoms with Crippen LogP contribution in [-0.2, 0) is 9.59 Å². The Kier molecular flexibility index (Phi) is 4.94.